The molecule has 0 aromatic heterocycles. The zero-order chi connectivity index (χ0) is 29.3. The molecule has 0 amide bonds. The molecule has 0 spiro atoms. The fourth-order valence-corrected chi connectivity index (χ4v) is 13.4. The standard InChI is InChI=1S/C20H17N3.C18H33P.2ClH.Ru/c1-4-10-17(11-5-1)20-21-23(19-14-8-3-9-15-19)16-22(20)18-12-6-2-7-13-18;1-4-10-16(11-5-1)19(17-12-6-2-7-13-17)18-14-8-3-9-15-18;;;/h1-15,20-21H;16-18H,1-15H2;2*1H;/q;;;;+2/p-2. The van der Waals surface area contributed by atoms with E-state index < -0.39 is 0 Å². The molecule has 1 saturated heterocycles. The van der Waals surface area contributed by atoms with Gasteiger partial charge < -0.3 is 24.8 Å². The minimum absolute atomic E-state index is 0. The first-order valence-electron chi connectivity index (χ1n) is 17.1. The van der Waals surface area contributed by atoms with Crippen LogP contribution in [0.3, 0.4) is 0 Å². The molecule has 3 aliphatic carbocycles. The average molecular weight is 752 g/mol. The van der Waals surface area contributed by atoms with Crippen LogP contribution in [0.15, 0.2) is 91.0 Å². The normalized spacial score (nSPS) is 21.4. The van der Waals surface area contributed by atoms with Gasteiger partial charge in [-0.25, -0.2) is 0 Å². The Hall–Kier alpha value is -1.28. The molecule has 3 aromatic rings. The third kappa shape index (κ3) is 9.42. The van der Waals surface area contributed by atoms with Crippen molar-refractivity contribution in [2.75, 3.05) is 9.91 Å². The van der Waals surface area contributed by atoms with E-state index >= 15 is 0 Å². The van der Waals surface area contributed by atoms with E-state index in [1.54, 1.807) is 77.0 Å². The Balaban J connectivity index is 0.000000201. The molecular weight excluding hydrogens is 701 g/mol. The van der Waals surface area contributed by atoms with E-state index in [0.717, 1.165) is 15.7 Å². The Bertz CT molecular complexity index is 1210. The fraction of sp³-hybridized carbons (Fsp3) is 0.500. The van der Waals surface area contributed by atoms with E-state index in [2.05, 4.69) is 106 Å². The molecule has 1 aliphatic heterocycles. The second kappa shape index (κ2) is 18.9. The third-order valence-electron chi connectivity index (χ3n) is 10.0. The molecule has 0 radical (unpaired) electrons. The number of nitrogens with one attached hydrogen (secondary N) is 1. The number of halogens is 2. The molecular formula is C38H50Cl2N3PRu. The monoisotopic (exact) mass is 751 g/mol. The van der Waals surface area contributed by atoms with E-state index in [1.165, 1.54) is 41.8 Å². The summed E-state index contributed by atoms with van der Waals surface area (Å²) in [6.07, 6.45) is 23.7. The minimum atomic E-state index is 0. The number of hydrogen-bond donors (Lipinski definition) is 1. The predicted octanol–water partition coefficient (Wildman–Crippen LogP) is 4.33. The Kier molecular flexibility index (Phi) is 15.4. The summed E-state index contributed by atoms with van der Waals surface area (Å²) in [5.74, 6) is 0. The molecule has 4 aliphatic rings. The molecule has 7 rings (SSSR count). The van der Waals surface area contributed by atoms with Crippen LogP contribution in [0.25, 0.3) is 0 Å². The summed E-state index contributed by atoms with van der Waals surface area (Å²) >= 11 is 2.76. The molecule has 3 saturated carbocycles. The molecule has 0 bridgehead atoms. The number of benzene rings is 3. The van der Waals surface area contributed by atoms with Gasteiger partial charge in [0, 0.05) is 0 Å². The van der Waals surface area contributed by atoms with Gasteiger partial charge in [-0.05, 0) is 55.5 Å². The average Bonchev–Trinajstić information content (AvgIpc) is 3.45. The number of hydrogen-bond acceptors (Lipinski definition) is 3. The van der Waals surface area contributed by atoms with Gasteiger partial charge in [-0.15, -0.1) is 0 Å². The molecule has 3 aromatic carbocycles. The van der Waals surface area contributed by atoms with Crippen molar-refractivity contribution in [2.45, 2.75) is 119 Å². The number of anilines is 2. The van der Waals surface area contributed by atoms with E-state index in [0.29, 0.717) is 7.92 Å². The van der Waals surface area contributed by atoms with Gasteiger partial charge in [0.15, 0.2) is 0 Å². The molecule has 3 nitrogen and oxygen atoms in total. The van der Waals surface area contributed by atoms with Gasteiger partial charge in [-0.3, -0.25) is 0 Å². The number of nitrogens with zero attached hydrogens (tertiary/aromatic N) is 2. The van der Waals surface area contributed by atoms with Crippen LogP contribution in [-0.2, 0) is 17.9 Å². The van der Waals surface area contributed by atoms with Gasteiger partial charge >= 0.3 is 152 Å². The maximum absolute atomic E-state index is 3.63. The molecule has 244 valence electrons. The van der Waals surface area contributed by atoms with Crippen LogP contribution in [0.2, 0.25) is 0 Å². The summed E-state index contributed by atoms with van der Waals surface area (Å²) in [4.78, 5) is 2.30. The van der Waals surface area contributed by atoms with Crippen molar-refractivity contribution in [3.8, 4) is 0 Å². The first-order valence-corrected chi connectivity index (χ1v) is 19.5. The van der Waals surface area contributed by atoms with Crippen molar-refractivity contribution < 1.29 is 42.7 Å². The summed E-state index contributed by atoms with van der Waals surface area (Å²) in [6.45, 7) is 0. The van der Waals surface area contributed by atoms with Gasteiger partial charge in [0.05, 0.1) is 0 Å². The molecule has 1 unspecified atom stereocenters. The summed E-state index contributed by atoms with van der Waals surface area (Å²) in [5.41, 5.74) is 10.7. The maximum atomic E-state index is 3.63. The summed E-state index contributed by atoms with van der Waals surface area (Å²) in [7, 11) is 0.385. The van der Waals surface area contributed by atoms with Crippen molar-refractivity contribution in [1.82, 2.24) is 5.43 Å². The topological polar surface area (TPSA) is 18.5 Å². The number of hydrazine groups is 1. The molecule has 4 fully saturated rings. The van der Waals surface area contributed by atoms with Crippen molar-refractivity contribution in [1.29, 1.82) is 0 Å². The van der Waals surface area contributed by atoms with Crippen molar-refractivity contribution in [3.63, 3.8) is 0 Å². The third-order valence-corrected chi connectivity index (χ3v) is 14.9. The van der Waals surface area contributed by atoms with Crippen LogP contribution in [0, 0.1) is 0 Å². The van der Waals surface area contributed by atoms with Crippen LogP contribution < -0.4 is 40.1 Å². The van der Waals surface area contributed by atoms with Crippen LogP contribution in [-0.4, -0.2) is 21.3 Å². The van der Waals surface area contributed by atoms with Gasteiger partial charge in [0.25, 0.3) is 0 Å². The predicted molar refractivity (Wildman–Crippen MR) is 183 cm³/mol. The van der Waals surface area contributed by atoms with E-state index in [-0.39, 0.29) is 31.0 Å². The van der Waals surface area contributed by atoms with Crippen LogP contribution in [0.5, 0.6) is 0 Å². The molecule has 45 heavy (non-hydrogen) atoms. The van der Waals surface area contributed by atoms with Gasteiger partial charge in [-0.2, -0.15) is 0 Å². The summed E-state index contributed by atoms with van der Waals surface area (Å²) in [5, 5.41) is 2.13. The number of rotatable bonds is 6. The molecule has 1 heterocycles. The van der Waals surface area contributed by atoms with Crippen molar-refractivity contribution in [3.05, 3.63) is 96.6 Å². The Morgan fingerprint density at radius 2 is 0.889 bits per heavy atom. The second-order valence-electron chi connectivity index (χ2n) is 12.9. The zero-order valence-electron chi connectivity index (χ0n) is 26.5. The van der Waals surface area contributed by atoms with Crippen LogP contribution >= 0.6 is 7.92 Å². The van der Waals surface area contributed by atoms with Gasteiger partial charge in [-0.1, -0.05) is 65.7 Å². The molecule has 1 atom stereocenters. The molecule has 1 N–H and O–H groups in total. The van der Waals surface area contributed by atoms with Gasteiger partial charge in [0.2, 0.25) is 0 Å². The SMILES string of the molecule is C1CCC(P(C2CCCCC2)C2CCCCC2)CC1.[Cl-].[Cl-].[Ru+2]=[C]1N(c2ccccc2)NC(c2ccccc2)N1c1ccccc1. The van der Waals surface area contributed by atoms with Crippen molar-refractivity contribution >= 4 is 23.7 Å². The fourth-order valence-electron chi connectivity index (χ4n) is 7.93. The van der Waals surface area contributed by atoms with Crippen LogP contribution in [0.4, 0.5) is 11.4 Å². The zero-order valence-corrected chi connectivity index (χ0v) is 30.7. The number of para-hydroxylation sites is 2. The van der Waals surface area contributed by atoms with E-state index in [1.807, 2.05) is 18.2 Å². The Morgan fingerprint density at radius 3 is 1.31 bits per heavy atom. The second-order valence-corrected chi connectivity index (χ2v) is 16.8. The van der Waals surface area contributed by atoms with Gasteiger partial charge in [0.1, 0.15) is 0 Å². The Labute approximate surface area is 296 Å². The summed E-state index contributed by atoms with van der Waals surface area (Å²) < 4.78 is 1.08. The van der Waals surface area contributed by atoms with E-state index in [9.17, 15) is 0 Å². The van der Waals surface area contributed by atoms with Crippen LogP contribution in [0.1, 0.15) is 108 Å². The Morgan fingerprint density at radius 1 is 0.511 bits per heavy atom. The quantitative estimate of drug-likeness (QED) is 0.300. The first-order chi connectivity index (χ1) is 21.3. The molecule has 7 heteroatoms. The van der Waals surface area contributed by atoms with E-state index in [4.69, 9.17) is 0 Å². The van der Waals surface area contributed by atoms with Crippen molar-refractivity contribution in [2.24, 2.45) is 0 Å². The summed E-state index contributed by atoms with van der Waals surface area (Å²) in [6, 6.07) is 31.3. The first kappa shape index (κ1) is 36.6.